The Morgan fingerprint density at radius 3 is 2.82 bits per heavy atom. The summed E-state index contributed by atoms with van der Waals surface area (Å²) in [5.74, 6) is 0.208. The molecule has 1 aliphatic carbocycles. The van der Waals surface area contributed by atoms with Gasteiger partial charge in [-0.05, 0) is 24.1 Å². The fourth-order valence-electron chi connectivity index (χ4n) is 3.46. The second kappa shape index (κ2) is 4.42. The predicted octanol–water partition coefficient (Wildman–Crippen LogP) is 1.69. The monoisotopic (exact) mass is 317 g/mol. The zero-order valence-corrected chi connectivity index (χ0v) is 12.9. The molecular weight excluding hydrogens is 302 g/mol. The van der Waals surface area contributed by atoms with Gasteiger partial charge in [-0.2, -0.15) is 13.5 Å². The number of carbonyl (C=O) groups excluding carboxylic acids is 1. The normalized spacial score (nSPS) is 20.3. The van der Waals surface area contributed by atoms with Gasteiger partial charge in [0.05, 0.1) is 11.9 Å². The Morgan fingerprint density at radius 2 is 2.09 bits per heavy atom. The number of aromatic nitrogens is 2. The van der Waals surface area contributed by atoms with E-state index in [1.54, 1.807) is 25.2 Å². The van der Waals surface area contributed by atoms with E-state index in [4.69, 9.17) is 0 Å². The molecule has 7 heteroatoms. The summed E-state index contributed by atoms with van der Waals surface area (Å²) in [5.41, 5.74) is 2.21. The fraction of sp³-hybridized carbons (Fsp3) is 0.333. The van der Waals surface area contributed by atoms with E-state index >= 15 is 0 Å². The third kappa shape index (κ3) is 1.68. The molecule has 0 radical (unpaired) electrons. The number of carbonyl (C=O) groups is 1. The van der Waals surface area contributed by atoms with Crippen LogP contribution in [0.2, 0.25) is 0 Å². The maximum Gasteiger partial charge on any atom is 0.281 e. The third-order valence-electron chi connectivity index (χ3n) is 4.50. The van der Waals surface area contributed by atoms with E-state index in [2.05, 4.69) is 5.10 Å². The van der Waals surface area contributed by atoms with Gasteiger partial charge in [-0.3, -0.25) is 13.8 Å². The summed E-state index contributed by atoms with van der Waals surface area (Å²) in [6.07, 6.45) is 2.67. The highest BCUT2D eigenvalue weighted by atomic mass is 32.2. The van der Waals surface area contributed by atoms with Gasteiger partial charge in [-0.15, -0.1) is 0 Å². The smallest absolute Gasteiger partial charge is 0.281 e. The van der Waals surface area contributed by atoms with E-state index in [9.17, 15) is 13.2 Å². The summed E-state index contributed by atoms with van der Waals surface area (Å²) >= 11 is 0. The Morgan fingerprint density at radius 1 is 1.27 bits per heavy atom. The molecule has 1 aliphatic heterocycles. The van der Waals surface area contributed by atoms with Gasteiger partial charge in [0.25, 0.3) is 10.0 Å². The number of aryl methyl sites for hydroxylation is 1. The number of hydrogen-bond donors (Lipinski definition) is 0. The average molecular weight is 317 g/mol. The average Bonchev–Trinajstić information content (AvgIpc) is 3.08. The molecule has 2 aliphatic rings. The van der Waals surface area contributed by atoms with E-state index in [0.29, 0.717) is 30.6 Å². The number of anilines is 1. The lowest BCUT2D eigenvalue weighted by molar-refractivity contribution is 0.0968. The molecule has 0 spiro atoms. The van der Waals surface area contributed by atoms with Crippen LogP contribution in [0.25, 0.3) is 0 Å². The molecular formula is C15H15N3O3S. The Bertz CT molecular complexity index is 885. The quantitative estimate of drug-likeness (QED) is 0.845. The van der Waals surface area contributed by atoms with Gasteiger partial charge in [-0.1, -0.05) is 12.1 Å². The largest absolute Gasteiger partial charge is 0.294 e. The van der Waals surface area contributed by atoms with Crippen molar-refractivity contribution in [2.45, 2.75) is 23.8 Å². The molecule has 0 N–H and O–H groups in total. The highest BCUT2D eigenvalue weighted by molar-refractivity contribution is 7.92. The molecule has 6 nitrogen and oxygen atoms in total. The topological polar surface area (TPSA) is 72.3 Å². The molecule has 4 rings (SSSR count). The van der Waals surface area contributed by atoms with Gasteiger partial charge in [0, 0.05) is 31.5 Å². The third-order valence-corrected chi connectivity index (χ3v) is 6.35. The molecule has 2 aromatic rings. The van der Waals surface area contributed by atoms with Gasteiger partial charge in [0.1, 0.15) is 0 Å². The van der Waals surface area contributed by atoms with Crippen LogP contribution in [0.5, 0.6) is 0 Å². The van der Waals surface area contributed by atoms with Crippen molar-refractivity contribution in [3.63, 3.8) is 0 Å². The molecule has 0 saturated carbocycles. The van der Waals surface area contributed by atoms with E-state index in [0.717, 1.165) is 5.56 Å². The fourth-order valence-corrected chi connectivity index (χ4v) is 5.10. The van der Waals surface area contributed by atoms with Crippen LogP contribution in [0.1, 0.15) is 34.7 Å². The SMILES string of the molecule is Cn1nccc1S(=O)(=O)N1C[C@H]2CCC(=O)c3cccc1c32. The first-order valence-electron chi connectivity index (χ1n) is 7.17. The summed E-state index contributed by atoms with van der Waals surface area (Å²) < 4.78 is 28.6. The van der Waals surface area contributed by atoms with E-state index < -0.39 is 10.0 Å². The zero-order valence-electron chi connectivity index (χ0n) is 12.1. The lowest BCUT2D eigenvalue weighted by atomic mass is 9.83. The number of hydrogen-bond acceptors (Lipinski definition) is 4. The molecule has 1 aromatic heterocycles. The van der Waals surface area contributed by atoms with Crippen LogP contribution < -0.4 is 4.31 Å². The molecule has 114 valence electrons. The lowest BCUT2D eigenvalue weighted by Gasteiger charge is -2.19. The first-order valence-corrected chi connectivity index (χ1v) is 8.61. The van der Waals surface area contributed by atoms with Crippen LogP contribution in [0, 0.1) is 0 Å². The highest BCUT2D eigenvalue weighted by Gasteiger charge is 2.41. The molecule has 0 saturated heterocycles. The summed E-state index contributed by atoms with van der Waals surface area (Å²) in [6.45, 7) is 0.396. The summed E-state index contributed by atoms with van der Waals surface area (Å²) in [7, 11) is -2.06. The van der Waals surface area contributed by atoms with Crippen LogP contribution in [-0.4, -0.2) is 30.5 Å². The molecule has 0 fully saturated rings. The van der Waals surface area contributed by atoms with Crippen LogP contribution in [0.3, 0.4) is 0 Å². The number of nitrogens with zero attached hydrogens (tertiary/aromatic N) is 3. The molecule has 0 bridgehead atoms. The summed E-state index contributed by atoms with van der Waals surface area (Å²) in [6, 6.07) is 6.83. The standard InChI is InChI=1S/C15H15N3O3S/c1-17-14(7-8-16-17)22(20,21)18-9-10-5-6-13(19)11-3-2-4-12(18)15(10)11/h2-4,7-8,10H,5-6,9H2,1H3/t10-/m1/s1. The molecule has 0 unspecified atom stereocenters. The Kier molecular flexibility index (Phi) is 2.72. The number of ketones is 1. The predicted molar refractivity (Wildman–Crippen MR) is 80.5 cm³/mol. The first-order chi connectivity index (χ1) is 10.5. The number of rotatable bonds is 2. The van der Waals surface area contributed by atoms with Gasteiger partial charge in [0.15, 0.2) is 10.8 Å². The Labute approximate surface area is 128 Å². The molecule has 2 heterocycles. The molecule has 1 aromatic carbocycles. The van der Waals surface area contributed by atoms with Crippen molar-refractivity contribution in [2.24, 2.45) is 7.05 Å². The molecule has 1 atom stereocenters. The van der Waals surface area contributed by atoms with Crippen LogP contribution in [-0.2, 0) is 17.1 Å². The zero-order chi connectivity index (χ0) is 15.5. The van der Waals surface area contributed by atoms with Crippen LogP contribution in [0.15, 0.2) is 35.5 Å². The summed E-state index contributed by atoms with van der Waals surface area (Å²) in [5, 5.41) is 4.11. The van der Waals surface area contributed by atoms with Crippen molar-refractivity contribution in [3.8, 4) is 0 Å². The maximum atomic E-state index is 12.9. The Balaban J connectivity index is 1.89. The van der Waals surface area contributed by atoms with Crippen molar-refractivity contribution in [1.29, 1.82) is 0 Å². The minimum absolute atomic E-state index is 0.104. The van der Waals surface area contributed by atoms with Crippen molar-refractivity contribution >= 4 is 21.5 Å². The minimum Gasteiger partial charge on any atom is -0.294 e. The van der Waals surface area contributed by atoms with E-state index in [1.807, 2.05) is 0 Å². The number of benzene rings is 1. The van der Waals surface area contributed by atoms with Crippen LogP contribution in [0.4, 0.5) is 5.69 Å². The maximum absolute atomic E-state index is 12.9. The molecule has 0 amide bonds. The number of Topliss-reactive ketones (excluding diaryl/α,β-unsaturated/α-hetero) is 1. The van der Waals surface area contributed by atoms with Gasteiger partial charge in [-0.25, -0.2) is 0 Å². The first kappa shape index (κ1) is 13.5. The lowest BCUT2D eigenvalue weighted by Crippen LogP contribution is -2.31. The Hall–Kier alpha value is -2.15. The van der Waals surface area contributed by atoms with Crippen molar-refractivity contribution in [3.05, 3.63) is 41.6 Å². The van der Waals surface area contributed by atoms with E-state index in [1.165, 1.54) is 21.3 Å². The number of sulfonamides is 1. The highest BCUT2D eigenvalue weighted by Crippen LogP contribution is 2.46. The second-order valence-corrected chi connectivity index (χ2v) is 7.54. The van der Waals surface area contributed by atoms with Gasteiger partial charge < -0.3 is 0 Å². The van der Waals surface area contributed by atoms with Gasteiger partial charge >= 0.3 is 0 Å². The van der Waals surface area contributed by atoms with Crippen molar-refractivity contribution < 1.29 is 13.2 Å². The second-order valence-electron chi connectivity index (χ2n) is 5.73. The minimum atomic E-state index is -3.67. The van der Waals surface area contributed by atoms with E-state index in [-0.39, 0.29) is 16.7 Å². The van der Waals surface area contributed by atoms with Crippen molar-refractivity contribution in [1.82, 2.24) is 9.78 Å². The van der Waals surface area contributed by atoms with Crippen LogP contribution >= 0.6 is 0 Å². The van der Waals surface area contributed by atoms with Crippen molar-refractivity contribution in [2.75, 3.05) is 10.8 Å². The molecule has 22 heavy (non-hydrogen) atoms. The summed E-state index contributed by atoms with van der Waals surface area (Å²) in [4.78, 5) is 12.1. The van der Waals surface area contributed by atoms with Gasteiger partial charge in [0.2, 0.25) is 0 Å².